The van der Waals surface area contributed by atoms with E-state index in [0.29, 0.717) is 0 Å². The predicted molar refractivity (Wildman–Crippen MR) is 145 cm³/mol. The molecule has 0 heterocycles. The van der Waals surface area contributed by atoms with Crippen LogP contribution in [0.1, 0.15) is 70.7 Å². The lowest BCUT2D eigenvalue weighted by Gasteiger charge is -2.36. The zero-order chi connectivity index (χ0) is 27.3. The van der Waals surface area contributed by atoms with E-state index in [4.69, 9.17) is 4.74 Å². The molecule has 0 bridgehead atoms. The fourth-order valence-electron chi connectivity index (χ4n) is 4.53. The first-order chi connectivity index (χ1) is 17.4. The van der Waals surface area contributed by atoms with Crippen LogP contribution in [0.15, 0.2) is 54.6 Å². The first-order valence-corrected chi connectivity index (χ1v) is 13.1. The van der Waals surface area contributed by atoms with Gasteiger partial charge in [0.25, 0.3) is 0 Å². The summed E-state index contributed by atoms with van der Waals surface area (Å²) in [5.74, 6) is -0.273. The molecule has 0 radical (unpaired) electrons. The number of nitrogens with zero attached hydrogens (tertiary/aromatic N) is 1. The molecule has 7 nitrogen and oxygen atoms in total. The first-order valence-electron chi connectivity index (χ1n) is 13.1. The summed E-state index contributed by atoms with van der Waals surface area (Å²) in [6.45, 7) is 13.2. The lowest BCUT2D eigenvalue weighted by atomic mass is 9.96. The summed E-state index contributed by atoms with van der Waals surface area (Å²) >= 11 is 0. The van der Waals surface area contributed by atoms with Crippen molar-refractivity contribution in [1.82, 2.24) is 15.5 Å². The quantitative estimate of drug-likeness (QED) is 0.504. The Bertz CT molecular complexity index is 1090. The Morgan fingerprint density at radius 2 is 1.59 bits per heavy atom. The fraction of sp³-hybridized carbons (Fsp3) is 0.500. The Kier molecular flexibility index (Phi) is 9.00. The third kappa shape index (κ3) is 7.81. The molecule has 1 fully saturated rings. The van der Waals surface area contributed by atoms with Crippen molar-refractivity contribution in [2.45, 2.75) is 91.1 Å². The molecule has 0 spiro atoms. The highest BCUT2D eigenvalue weighted by molar-refractivity contribution is 5.93. The first kappa shape index (κ1) is 28.2. The van der Waals surface area contributed by atoms with Crippen LogP contribution in [-0.2, 0) is 20.7 Å². The number of alkyl carbamates (subject to hydrolysis) is 1. The van der Waals surface area contributed by atoms with Crippen molar-refractivity contribution in [2.75, 3.05) is 0 Å². The Morgan fingerprint density at radius 3 is 2.14 bits per heavy atom. The third-order valence-electron chi connectivity index (χ3n) is 6.39. The van der Waals surface area contributed by atoms with Crippen molar-refractivity contribution < 1.29 is 19.1 Å². The lowest BCUT2D eigenvalue weighted by molar-refractivity contribution is -0.143. The standard InChI is InChI=1S/C30H41N3O4/c1-19(2)31-27(34)26(23-16-12-11-13-20(23)3)33(25-17-21(25)4)28(35)24(18-22-14-9-8-10-15-22)32-29(36)37-30(5,6)7/h8-16,19,21,24-26H,17-18H2,1-7H3,(H,31,34)(H,32,36). The zero-order valence-electron chi connectivity index (χ0n) is 23.1. The monoisotopic (exact) mass is 507 g/mol. The minimum atomic E-state index is -0.900. The average molecular weight is 508 g/mol. The number of benzene rings is 2. The highest BCUT2D eigenvalue weighted by Gasteiger charge is 2.48. The SMILES string of the molecule is Cc1ccccc1C(C(=O)NC(C)C)N(C(=O)C(Cc1ccccc1)NC(=O)OC(C)(C)C)C1CC1C. The Labute approximate surface area is 221 Å². The van der Waals surface area contributed by atoms with Crippen LogP contribution in [0, 0.1) is 12.8 Å². The van der Waals surface area contributed by atoms with Crippen molar-refractivity contribution in [3.05, 3.63) is 71.3 Å². The van der Waals surface area contributed by atoms with Crippen molar-refractivity contribution in [1.29, 1.82) is 0 Å². The van der Waals surface area contributed by atoms with Crippen molar-refractivity contribution >= 4 is 17.9 Å². The molecule has 37 heavy (non-hydrogen) atoms. The molecule has 200 valence electrons. The van der Waals surface area contributed by atoms with Gasteiger partial charge >= 0.3 is 6.09 Å². The third-order valence-corrected chi connectivity index (χ3v) is 6.39. The summed E-state index contributed by atoms with van der Waals surface area (Å²) in [4.78, 5) is 42.6. The molecule has 1 saturated carbocycles. The summed E-state index contributed by atoms with van der Waals surface area (Å²) in [5, 5.41) is 5.83. The number of nitrogens with one attached hydrogen (secondary N) is 2. The van der Waals surface area contributed by atoms with Gasteiger partial charge in [-0.15, -0.1) is 0 Å². The van der Waals surface area contributed by atoms with Crippen LogP contribution >= 0.6 is 0 Å². The van der Waals surface area contributed by atoms with Crippen molar-refractivity contribution in [3.8, 4) is 0 Å². The molecule has 0 aromatic heterocycles. The number of amides is 3. The number of hydrogen-bond donors (Lipinski definition) is 2. The molecule has 3 rings (SSSR count). The minimum absolute atomic E-state index is 0.0902. The minimum Gasteiger partial charge on any atom is -0.444 e. The van der Waals surface area contributed by atoms with Gasteiger partial charge in [-0.25, -0.2) is 4.79 Å². The van der Waals surface area contributed by atoms with E-state index in [9.17, 15) is 14.4 Å². The van der Waals surface area contributed by atoms with E-state index in [1.165, 1.54) is 0 Å². The number of carbonyl (C=O) groups is 3. The van der Waals surface area contributed by atoms with Gasteiger partial charge in [0.2, 0.25) is 11.8 Å². The second-order valence-corrected chi connectivity index (χ2v) is 11.3. The molecule has 7 heteroatoms. The van der Waals surface area contributed by atoms with E-state index < -0.39 is 23.8 Å². The molecule has 4 atom stereocenters. The topological polar surface area (TPSA) is 87.7 Å². The molecule has 1 aliphatic rings. The lowest BCUT2D eigenvalue weighted by Crippen LogP contribution is -2.55. The van der Waals surface area contributed by atoms with Gasteiger partial charge < -0.3 is 20.3 Å². The van der Waals surface area contributed by atoms with E-state index in [2.05, 4.69) is 17.6 Å². The van der Waals surface area contributed by atoms with Gasteiger partial charge in [-0.2, -0.15) is 0 Å². The van der Waals surface area contributed by atoms with Crippen molar-refractivity contribution in [2.24, 2.45) is 5.92 Å². The average Bonchev–Trinajstić information content (AvgIpc) is 3.52. The maximum atomic E-state index is 14.4. The Morgan fingerprint density at radius 1 is 1.00 bits per heavy atom. The van der Waals surface area contributed by atoms with Crippen LogP contribution in [0.4, 0.5) is 4.79 Å². The van der Waals surface area contributed by atoms with Gasteiger partial charge in [-0.3, -0.25) is 9.59 Å². The molecule has 2 aromatic rings. The number of aryl methyl sites for hydroxylation is 1. The molecule has 0 saturated heterocycles. The fourth-order valence-corrected chi connectivity index (χ4v) is 4.53. The normalized spacial score (nSPS) is 18.5. The maximum Gasteiger partial charge on any atom is 0.408 e. The zero-order valence-corrected chi connectivity index (χ0v) is 23.1. The Hall–Kier alpha value is -3.35. The molecule has 1 aliphatic carbocycles. The largest absolute Gasteiger partial charge is 0.444 e. The van der Waals surface area contributed by atoms with E-state index in [1.807, 2.05) is 75.4 Å². The number of carbonyl (C=O) groups excluding carboxylic acids is 3. The van der Waals surface area contributed by atoms with Crippen LogP contribution in [0.3, 0.4) is 0 Å². The summed E-state index contributed by atoms with van der Waals surface area (Å²) in [6.07, 6.45) is 0.417. The van der Waals surface area contributed by atoms with E-state index in [-0.39, 0.29) is 36.2 Å². The smallest absolute Gasteiger partial charge is 0.408 e. The van der Waals surface area contributed by atoms with Gasteiger partial charge in [0.1, 0.15) is 17.7 Å². The van der Waals surface area contributed by atoms with E-state index in [1.54, 1.807) is 25.7 Å². The van der Waals surface area contributed by atoms with Crippen LogP contribution in [0.5, 0.6) is 0 Å². The number of hydrogen-bond acceptors (Lipinski definition) is 4. The van der Waals surface area contributed by atoms with Crippen LogP contribution in [-0.4, -0.2) is 46.5 Å². The van der Waals surface area contributed by atoms with Crippen molar-refractivity contribution in [3.63, 3.8) is 0 Å². The number of rotatable bonds is 9. The van der Waals surface area contributed by atoms with Gasteiger partial charge in [-0.1, -0.05) is 61.5 Å². The second kappa shape index (κ2) is 11.8. The van der Waals surface area contributed by atoms with Crippen LogP contribution in [0.25, 0.3) is 0 Å². The Balaban J connectivity index is 2.04. The van der Waals surface area contributed by atoms with Crippen LogP contribution in [0.2, 0.25) is 0 Å². The molecule has 4 unspecified atom stereocenters. The highest BCUT2D eigenvalue weighted by Crippen LogP contribution is 2.41. The molecular formula is C30H41N3O4. The maximum absolute atomic E-state index is 14.4. The summed E-state index contributed by atoms with van der Waals surface area (Å²) in [7, 11) is 0. The molecule has 2 aromatic carbocycles. The van der Waals surface area contributed by atoms with Gasteiger partial charge in [0.05, 0.1) is 0 Å². The van der Waals surface area contributed by atoms with E-state index in [0.717, 1.165) is 23.1 Å². The molecule has 0 aliphatic heterocycles. The summed E-state index contributed by atoms with van der Waals surface area (Å²) < 4.78 is 5.50. The molecule has 3 amide bonds. The predicted octanol–water partition coefficient (Wildman–Crippen LogP) is 4.93. The van der Waals surface area contributed by atoms with Gasteiger partial charge in [-0.05, 0) is 70.6 Å². The number of ether oxygens (including phenoxy) is 1. The second-order valence-electron chi connectivity index (χ2n) is 11.3. The molecular weight excluding hydrogens is 466 g/mol. The summed E-state index contributed by atoms with van der Waals surface area (Å²) in [6, 6.07) is 15.3. The summed E-state index contributed by atoms with van der Waals surface area (Å²) in [5.41, 5.74) is 1.90. The van der Waals surface area contributed by atoms with Crippen LogP contribution < -0.4 is 10.6 Å². The van der Waals surface area contributed by atoms with Gasteiger partial charge in [0, 0.05) is 18.5 Å². The highest BCUT2D eigenvalue weighted by atomic mass is 16.6. The van der Waals surface area contributed by atoms with Gasteiger partial charge in [0.15, 0.2) is 0 Å². The van der Waals surface area contributed by atoms with E-state index >= 15 is 0 Å². The molecule has 2 N–H and O–H groups in total.